The van der Waals surface area contributed by atoms with Gasteiger partial charge >= 0.3 is 0 Å². The third kappa shape index (κ3) is 2.82. The summed E-state index contributed by atoms with van der Waals surface area (Å²) < 4.78 is 2.04. The molecule has 1 aromatic heterocycles. The molecule has 2 fully saturated rings. The molecule has 1 aliphatic heterocycles. The highest BCUT2D eigenvalue weighted by molar-refractivity contribution is 5.93. The standard InChI is InChI=1S/C15H24N4O/c1-2-18-6-5-11(9-18)8-17-15(20)14-7-12(16)10-19(14)13-3-4-13/h7,10-11,13H,2-6,8-9,16H2,1H3,(H,17,20). The van der Waals surface area contributed by atoms with Crippen molar-refractivity contribution >= 4 is 11.6 Å². The average Bonchev–Trinajstić information content (AvgIpc) is 3.05. The van der Waals surface area contributed by atoms with Gasteiger partial charge in [0.1, 0.15) is 5.69 Å². The van der Waals surface area contributed by atoms with Gasteiger partial charge in [0.2, 0.25) is 0 Å². The van der Waals surface area contributed by atoms with Gasteiger partial charge in [-0.05, 0) is 44.3 Å². The monoisotopic (exact) mass is 276 g/mol. The SMILES string of the molecule is CCN1CCC(CNC(=O)c2cc(N)cn2C2CC2)C1. The van der Waals surface area contributed by atoms with Crippen molar-refractivity contribution in [3.63, 3.8) is 0 Å². The minimum atomic E-state index is 0.0172. The first-order valence-electron chi connectivity index (χ1n) is 7.65. The van der Waals surface area contributed by atoms with Gasteiger partial charge < -0.3 is 20.5 Å². The lowest BCUT2D eigenvalue weighted by Crippen LogP contribution is -2.32. The van der Waals surface area contributed by atoms with E-state index >= 15 is 0 Å². The first-order chi connectivity index (χ1) is 9.67. The van der Waals surface area contributed by atoms with E-state index in [4.69, 9.17) is 5.73 Å². The van der Waals surface area contributed by atoms with E-state index in [1.54, 1.807) is 6.07 Å². The number of nitrogens with zero attached hydrogens (tertiary/aromatic N) is 2. The Balaban J connectivity index is 1.57. The zero-order valence-corrected chi connectivity index (χ0v) is 12.1. The topological polar surface area (TPSA) is 63.3 Å². The van der Waals surface area contributed by atoms with Crippen molar-refractivity contribution in [3.05, 3.63) is 18.0 Å². The second-order valence-corrected chi connectivity index (χ2v) is 6.06. The summed E-state index contributed by atoms with van der Waals surface area (Å²) in [6, 6.07) is 2.27. The maximum atomic E-state index is 12.3. The zero-order chi connectivity index (χ0) is 14.1. The van der Waals surface area contributed by atoms with Crippen LogP contribution in [0.5, 0.6) is 0 Å². The van der Waals surface area contributed by atoms with Crippen LogP contribution in [0.1, 0.15) is 42.7 Å². The van der Waals surface area contributed by atoms with E-state index in [9.17, 15) is 4.79 Å². The first kappa shape index (κ1) is 13.5. The molecule has 1 amide bonds. The number of nitrogen functional groups attached to an aromatic ring is 1. The van der Waals surface area contributed by atoms with E-state index in [1.807, 2.05) is 10.8 Å². The van der Waals surface area contributed by atoms with Crippen LogP contribution in [0.15, 0.2) is 12.3 Å². The second-order valence-electron chi connectivity index (χ2n) is 6.06. The smallest absolute Gasteiger partial charge is 0.268 e. The van der Waals surface area contributed by atoms with Crippen LogP contribution >= 0.6 is 0 Å². The number of carbonyl (C=O) groups is 1. The number of anilines is 1. The van der Waals surface area contributed by atoms with E-state index in [1.165, 1.54) is 6.42 Å². The van der Waals surface area contributed by atoms with Crippen LogP contribution in [0.3, 0.4) is 0 Å². The third-order valence-electron chi connectivity index (χ3n) is 4.41. The highest BCUT2D eigenvalue weighted by Gasteiger charge is 2.28. The molecule has 1 aromatic rings. The quantitative estimate of drug-likeness (QED) is 0.856. The lowest BCUT2D eigenvalue weighted by Gasteiger charge is -2.14. The maximum Gasteiger partial charge on any atom is 0.268 e. The van der Waals surface area contributed by atoms with Crippen molar-refractivity contribution < 1.29 is 4.79 Å². The minimum Gasteiger partial charge on any atom is -0.397 e. The fourth-order valence-electron chi connectivity index (χ4n) is 3.03. The van der Waals surface area contributed by atoms with Crippen molar-refractivity contribution in [3.8, 4) is 0 Å². The van der Waals surface area contributed by atoms with E-state index in [-0.39, 0.29) is 5.91 Å². The number of rotatable bonds is 5. The molecule has 5 nitrogen and oxygen atoms in total. The van der Waals surface area contributed by atoms with E-state index < -0.39 is 0 Å². The molecule has 3 N–H and O–H groups in total. The van der Waals surface area contributed by atoms with E-state index in [2.05, 4.69) is 17.1 Å². The van der Waals surface area contributed by atoms with Crippen LogP contribution in [-0.4, -0.2) is 41.6 Å². The molecule has 1 atom stereocenters. The van der Waals surface area contributed by atoms with Crippen LogP contribution in [0, 0.1) is 5.92 Å². The van der Waals surface area contributed by atoms with Gasteiger partial charge in [-0.1, -0.05) is 6.92 Å². The van der Waals surface area contributed by atoms with Crippen LogP contribution < -0.4 is 11.1 Å². The van der Waals surface area contributed by atoms with Crippen molar-refractivity contribution in [2.24, 2.45) is 5.92 Å². The van der Waals surface area contributed by atoms with Gasteiger partial charge in [-0.2, -0.15) is 0 Å². The summed E-state index contributed by atoms with van der Waals surface area (Å²) in [5, 5.41) is 3.08. The Labute approximate surface area is 120 Å². The number of carbonyl (C=O) groups excluding carboxylic acids is 1. The largest absolute Gasteiger partial charge is 0.397 e. The summed E-state index contributed by atoms with van der Waals surface area (Å²) in [7, 11) is 0. The van der Waals surface area contributed by atoms with Crippen molar-refractivity contribution in [2.45, 2.75) is 32.2 Å². The van der Waals surface area contributed by atoms with Gasteiger partial charge in [0.05, 0.1) is 5.69 Å². The minimum absolute atomic E-state index is 0.0172. The molecule has 2 heterocycles. The summed E-state index contributed by atoms with van der Waals surface area (Å²) in [4.78, 5) is 14.7. The molecule has 5 heteroatoms. The number of likely N-dealkylation sites (tertiary alicyclic amines) is 1. The normalized spacial score (nSPS) is 23.1. The van der Waals surface area contributed by atoms with Gasteiger partial charge in [0.25, 0.3) is 5.91 Å². The molecule has 0 spiro atoms. The molecule has 0 aromatic carbocycles. The average molecular weight is 276 g/mol. The van der Waals surface area contributed by atoms with Gasteiger partial charge in [-0.25, -0.2) is 0 Å². The fourth-order valence-corrected chi connectivity index (χ4v) is 3.03. The lowest BCUT2D eigenvalue weighted by molar-refractivity contribution is 0.0938. The Morgan fingerprint density at radius 1 is 1.45 bits per heavy atom. The van der Waals surface area contributed by atoms with Crippen LogP contribution in [-0.2, 0) is 0 Å². The Kier molecular flexibility index (Phi) is 3.70. The van der Waals surface area contributed by atoms with E-state index in [0.717, 1.165) is 44.7 Å². The zero-order valence-electron chi connectivity index (χ0n) is 12.1. The summed E-state index contributed by atoms with van der Waals surface area (Å²) in [6.07, 6.45) is 5.38. The van der Waals surface area contributed by atoms with Gasteiger partial charge in [0.15, 0.2) is 0 Å². The summed E-state index contributed by atoms with van der Waals surface area (Å²) in [5.74, 6) is 0.601. The Morgan fingerprint density at radius 2 is 2.25 bits per heavy atom. The van der Waals surface area contributed by atoms with E-state index in [0.29, 0.717) is 17.6 Å². The molecule has 1 saturated carbocycles. The summed E-state index contributed by atoms with van der Waals surface area (Å²) >= 11 is 0. The van der Waals surface area contributed by atoms with Gasteiger partial charge in [-0.15, -0.1) is 0 Å². The van der Waals surface area contributed by atoms with Gasteiger partial charge in [0, 0.05) is 25.3 Å². The molecule has 1 unspecified atom stereocenters. The predicted molar refractivity (Wildman–Crippen MR) is 79.7 cm³/mol. The van der Waals surface area contributed by atoms with Crippen molar-refractivity contribution in [2.75, 3.05) is 31.9 Å². The molecular weight excluding hydrogens is 252 g/mol. The maximum absolute atomic E-state index is 12.3. The predicted octanol–water partition coefficient (Wildman–Crippen LogP) is 1.48. The second kappa shape index (κ2) is 5.48. The lowest BCUT2D eigenvalue weighted by atomic mass is 10.1. The summed E-state index contributed by atoms with van der Waals surface area (Å²) in [5.41, 5.74) is 7.23. The molecule has 0 bridgehead atoms. The molecular formula is C15H24N4O. The molecule has 0 radical (unpaired) electrons. The van der Waals surface area contributed by atoms with Crippen molar-refractivity contribution in [1.29, 1.82) is 0 Å². The molecule has 20 heavy (non-hydrogen) atoms. The Hall–Kier alpha value is -1.49. The number of nitrogens with two attached hydrogens (primary N) is 1. The highest BCUT2D eigenvalue weighted by atomic mass is 16.1. The molecule has 3 rings (SSSR count). The van der Waals surface area contributed by atoms with Crippen LogP contribution in [0.25, 0.3) is 0 Å². The number of aromatic nitrogens is 1. The number of hydrogen-bond acceptors (Lipinski definition) is 3. The molecule has 110 valence electrons. The first-order valence-corrected chi connectivity index (χ1v) is 7.65. The van der Waals surface area contributed by atoms with Gasteiger partial charge in [-0.3, -0.25) is 4.79 Å². The van der Waals surface area contributed by atoms with Crippen molar-refractivity contribution in [1.82, 2.24) is 14.8 Å². The Bertz CT molecular complexity index is 492. The van der Waals surface area contributed by atoms with Crippen LogP contribution in [0.2, 0.25) is 0 Å². The molecule has 2 aliphatic rings. The number of hydrogen-bond donors (Lipinski definition) is 2. The molecule has 1 aliphatic carbocycles. The Morgan fingerprint density at radius 3 is 2.90 bits per heavy atom. The number of nitrogens with one attached hydrogen (secondary N) is 1. The number of amides is 1. The highest BCUT2D eigenvalue weighted by Crippen LogP contribution is 2.37. The summed E-state index contributed by atoms with van der Waals surface area (Å²) in [6.45, 7) is 6.31. The third-order valence-corrected chi connectivity index (χ3v) is 4.41. The van der Waals surface area contributed by atoms with Crippen LogP contribution in [0.4, 0.5) is 5.69 Å². The molecule has 1 saturated heterocycles. The fraction of sp³-hybridized carbons (Fsp3) is 0.667.